The van der Waals surface area contributed by atoms with Crippen molar-refractivity contribution in [2.24, 2.45) is 0 Å². The van der Waals surface area contributed by atoms with E-state index in [9.17, 15) is 0 Å². The first kappa shape index (κ1) is 11.7. The molecule has 3 rings (SSSR count). The van der Waals surface area contributed by atoms with Crippen LogP contribution in [0.2, 0.25) is 0 Å². The Labute approximate surface area is 112 Å². The van der Waals surface area contributed by atoms with Gasteiger partial charge in [-0.3, -0.25) is 0 Å². The molecule has 1 unspecified atom stereocenters. The number of nitrogen functional groups attached to an aromatic ring is 1. The van der Waals surface area contributed by atoms with Crippen LogP contribution in [0, 0.1) is 0 Å². The highest BCUT2D eigenvalue weighted by molar-refractivity contribution is 7.99. The normalized spacial score (nSPS) is 18.3. The summed E-state index contributed by atoms with van der Waals surface area (Å²) in [4.78, 5) is 1.27. The van der Waals surface area contributed by atoms with E-state index in [1.54, 1.807) is 0 Å². The molecule has 2 aromatic rings. The van der Waals surface area contributed by atoms with Crippen LogP contribution in [0.5, 0.6) is 0 Å². The first-order valence-electron chi connectivity index (χ1n) is 6.43. The summed E-state index contributed by atoms with van der Waals surface area (Å²) in [6.45, 7) is 0. The molecular weight excluding hydrogens is 238 g/mol. The van der Waals surface area contributed by atoms with E-state index in [0.29, 0.717) is 5.25 Å². The van der Waals surface area contributed by atoms with Crippen molar-refractivity contribution in [2.75, 3.05) is 5.73 Å². The predicted octanol–water partition coefficient (Wildman–Crippen LogP) is 4.44. The third-order valence-corrected chi connectivity index (χ3v) is 4.75. The fourth-order valence-corrected chi connectivity index (χ4v) is 3.92. The minimum Gasteiger partial charge on any atom is -0.399 e. The minimum atomic E-state index is 0.580. The lowest BCUT2D eigenvalue weighted by atomic mass is 9.91. The van der Waals surface area contributed by atoms with E-state index in [2.05, 4.69) is 36.4 Å². The molecule has 0 radical (unpaired) electrons. The lowest BCUT2D eigenvalue weighted by Crippen LogP contribution is -2.06. The second-order valence-corrected chi connectivity index (χ2v) is 6.05. The van der Waals surface area contributed by atoms with Gasteiger partial charge in [0.2, 0.25) is 0 Å². The molecule has 1 nitrogen and oxygen atoms in total. The van der Waals surface area contributed by atoms with Crippen LogP contribution >= 0.6 is 11.8 Å². The molecule has 2 N–H and O–H groups in total. The number of benzene rings is 2. The third-order valence-electron chi connectivity index (χ3n) is 3.45. The number of thioether (sulfide) groups is 1. The van der Waals surface area contributed by atoms with Gasteiger partial charge in [-0.1, -0.05) is 30.3 Å². The zero-order valence-corrected chi connectivity index (χ0v) is 11.1. The molecule has 1 aliphatic carbocycles. The number of rotatable bonds is 2. The molecule has 0 saturated carbocycles. The average Bonchev–Trinajstić information content (AvgIpc) is 2.39. The smallest absolute Gasteiger partial charge is 0.0347 e. The van der Waals surface area contributed by atoms with Gasteiger partial charge in [-0.15, -0.1) is 11.8 Å². The average molecular weight is 255 g/mol. The van der Waals surface area contributed by atoms with Gasteiger partial charge in [-0.2, -0.15) is 0 Å². The van der Waals surface area contributed by atoms with Crippen molar-refractivity contribution in [1.82, 2.24) is 0 Å². The first-order valence-corrected chi connectivity index (χ1v) is 7.31. The van der Waals surface area contributed by atoms with Crippen LogP contribution in [0.4, 0.5) is 5.69 Å². The van der Waals surface area contributed by atoms with Gasteiger partial charge < -0.3 is 5.73 Å². The van der Waals surface area contributed by atoms with Gasteiger partial charge in [0, 0.05) is 15.8 Å². The number of fused-ring (bicyclic) bond motifs is 1. The molecule has 0 bridgehead atoms. The molecule has 18 heavy (non-hydrogen) atoms. The highest BCUT2D eigenvalue weighted by Gasteiger charge is 2.20. The van der Waals surface area contributed by atoms with Crippen molar-refractivity contribution in [3.8, 4) is 0 Å². The Hall–Kier alpha value is -1.41. The van der Waals surface area contributed by atoms with Crippen molar-refractivity contribution in [3.05, 3.63) is 59.7 Å². The summed E-state index contributed by atoms with van der Waals surface area (Å²) in [5, 5.41) is 0.580. The SMILES string of the molecule is Nc1cccc(SC2CCCc3ccccc32)c1. The molecule has 1 aliphatic rings. The van der Waals surface area contributed by atoms with Crippen LogP contribution in [0.3, 0.4) is 0 Å². The lowest BCUT2D eigenvalue weighted by molar-refractivity contribution is 0.674. The Morgan fingerprint density at radius 1 is 1.06 bits per heavy atom. The van der Waals surface area contributed by atoms with Gasteiger partial charge in [0.05, 0.1) is 0 Å². The predicted molar refractivity (Wildman–Crippen MR) is 78.8 cm³/mol. The Morgan fingerprint density at radius 3 is 2.83 bits per heavy atom. The van der Waals surface area contributed by atoms with Crippen LogP contribution in [-0.2, 0) is 6.42 Å². The maximum atomic E-state index is 5.85. The number of hydrogen-bond acceptors (Lipinski definition) is 2. The van der Waals surface area contributed by atoms with Crippen molar-refractivity contribution in [2.45, 2.75) is 29.4 Å². The molecule has 0 aromatic heterocycles. The van der Waals surface area contributed by atoms with Crippen molar-refractivity contribution < 1.29 is 0 Å². The van der Waals surface area contributed by atoms with Crippen LogP contribution in [0.25, 0.3) is 0 Å². The largest absolute Gasteiger partial charge is 0.399 e. The maximum absolute atomic E-state index is 5.85. The Bertz CT molecular complexity index is 550. The van der Waals surface area contributed by atoms with E-state index in [4.69, 9.17) is 5.73 Å². The molecule has 2 heteroatoms. The number of aryl methyl sites for hydroxylation is 1. The fraction of sp³-hybridized carbons (Fsp3) is 0.250. The van der Waals surface area contributed by atoms with Crippen LogP contribution < -0.4 is 5.73 Å². The van der Waals surface area contributed by atoms with E-state index < -0.39 is 0 Å². The van der Waals surface area contributed by atoms with E-state index in [-0.39, 0.29) is 0 Å². The fourth-order valence-electron chi connectivity index (χ4n) is 2.58. The van der Waals surface area contributed by atoms with E-state index in [0.717, 1.165) is 5.69 Å². The summed E-state index contributed by atoms with van der Waals surface area (Å²) in [5.41, 5.74) is 9.73. The number of anilines is 1. The first-order chi connectivity index (χ1) is 8.83. The molecule has 0 spiro atoms. The second-order valence-electron chi connectivity index (χ2n) is 4.77. The Morgan fingerprint density at radius 2 is 1.94 bits per heavy atom. The molecule has 0 heterocycles. The van der Waals surface area contributed by atoms with E-state index >= 15 is 0 Å². The van der Waals surface area contributed by atoms with E-state index in [1.165, 1.54) is 35.3 Å². The van der Waals surface area contributed by atoms with Gasteiger partial charge in [0.1, 0.15) is 0 Å². The molecule has 0 amide bonds. The summed E-state index contributed by atoms with van der Waals surface area (Å²) in [7, 11) is 0. The van der Waals surface area contributed by atoms with Gasteiger partial charge in [0.25, 0.3) is 0 Å². The molecular formula is C16H17NS. The lowest BCUT2D eigenvalue weighted by Gasteiger charge is -2.25. The van der Waals surface area contributed by atoms with Gasteiger partial charge in [-0.05, 0) is 48.6 Å². The Kier molecular flexibility index (Phi) is 3.28. The monoisotopic (exact) mass is 255 g/mol. The third kappa shape index (κ3) is 2.39. The summed E-state index contributed by atoms with van der Waals surface area (Å²) >= 11 is 1.94. The standard InChI is InChI=1S/C16H17NS/c17-13-7-4-8-14(11-13)18-16-10-3-6-12-5-1-2-9-15(12)16/h1-2,4-5,7-9,11,16H,3,6,10,17H2. The maximum Gasteiger partial charge on any atom is 0.0347 e. The molecule has 0 aliphatic heterocycles. The van der Waals surface area contributed by atoms with E-state index in [1.807, 2.05) is 23.9 Å². The molecule has 1 atom stereocenters. The van der Waals surface area contributed by atoms with Crippen molar-refractivity contribution >= 4 is 17.4 Å². The summed E-state index contributed by atoms with van der Waals surface area (Å²) < 4.78 is 0. The zero-order valence-electron chi connectivity index (χ0n) is 10.3. The van der Waals surface area contributed by atoms with Crippen molar-refractivity contribution in [3.63, 3.8) is 0 Å². The number of hydrogen-bond donors (Lipinski definition) is 1. The van der Waals surface area contributed by atoms with Gasteiger partial charge >= 0.3 is 0 Å². The second kappa shape index (κ2) is 5.07. The van der Waals surface area contributed by atoms with Crippen LogP contribution in [0.1, 0.15) is 29.2 Å². The zero-order chi connectivity index (χ0) is 12.4. The molecule has 2 aromatic carbocycles. The van der Waals surface area contributed by atoms with Crippen LogP contribution in [0.15, 0.2) is 53.4 Å². The quantitative estimate of drug-likeness (QED) is 0.803. The molecule has 0 saturated heterocycles. The molecule has 92 valence electrons. The Balaban J connectivity index is 1.86. The van der Waals surface area contributed by atoms with Gasteiger partial charge in [0.15, 0.2) is 0 Å². The topological polar surface area (TPSA) is 26.0 Å². The van der Waals surface area contributed by atoms with Crippen LogP contribution in [-0.4, -0.2) is 0 Å². The summed E-state index contributed by atoms with van der Waals surface area (Å²) in [6, 6.07) is 17.0. The summed E-state index contributed by atoms with van der Waals surface area (Å²) in [6.07, 6.45) is 3.78. The molecule has 0 fully saturated rings. The van der Waals surface area contributed by atoms with Gasteiger partial charge in [-0.25, -0.2) is 0 Å². The van der Waals surface area contributed by atoms with Crippen molar-refractivity contribution in [1.29, 1.82) is 0 Å². The summed E-state index contributed by atoms with van der Waals surface area (Å²) in [5.74, 6) is 0. The number of nitrogens with two attached hydrogens (primary N) is 1. The highest BCUT2D eigenvalue weighted by Crippen LogP contribution is 2.43. The highest BCUT2D eigenvalue weighted by atomic mass is 32.2. The minimum absolute atomic E-state index is 0.580.